The molecule has 0 atom stereocenters. The molecule has 0 saturated carbocycles. The first-order valence-electron chi connectivity index (χ1n) is 9.91. The van der Waals surface area contributed by atoms with Crippen LogP contribution in [0.25, 0.3) is 5.57 Å². The van der Waals surface area contributed by atoms with Crippen LogP contribution in [0.2, 0.25) is 0 Å². The highest BCUT2D eigenvalue weighted by molar-refractivity contribution is 8.04. The topological polar surface area (TPSA) is 46.6 Å². The van der Waals surface area contributed by atoms with Gasteiger partial charge in [-0.25, -0.2) is 0 Å². The van der Waals surface area contributed by atoms with Crippen molar-refractivity contribution in [2.45, 2.75) is 64.5 Å². The van der Waals surface area contributed by atoms with Crippen molar-refractivity contribution in [3.8, 4) is 5.75 Å². The first-order valence-corrected chi connectivity index (χ1v) is 10.8. The van der Waals surface area contributed by atoms with Crippen LogP contribution in [0.3, 0.4) is 0 Å². The lowest BCUT2D eigenvalue weighted by Crippen LogP contribution is -2.32. The normalized spacial score (nSPS) is 14.6. The third-order valence-electron chi connectivity index (χ3n) is 4.59. The summed E-state index contributed by atoms with van der Waals surface area (Å²) in [5.41, 5.74) is 1.31. The van der Waals surface area contributed by atoms with Crippen LogP contribution < -0.4 is 4.74 Å². The SMILES string of the molecule is CCCCCCCCN1C(=O)C(SC(C)C)=C(c2ccc(OC)cc2)C1=O. The number of hydrogen-bond donors (Lipinski definition) is 0. The Hall–Kier alpha value is -1.75. The molecule has 0 bridgehead atoms. The number of thioether (sulfide) groups is 1. The van der Waals surface area contributed by atoms with Gasteiger partial charge in [0.05, 0.1) is 17.6 Å². The average molecular weight is 390 g/mol. The predicted octanol–water partition coefficient (Wildman–Crippen LogP) is 5.28. The van der Waals surface area contributed by atoms with E-state index in [-0.39, 0.29) is 17.1 Å². The third kappa shape index (κ3) is 5.61. The van der Waals surface area contributed by atoms with E-state index in [0.29, 0.717) is 17.0 Å². The van der Waals surface area contributed by atoms with E-state index in [9.17, 15) is 9.59 Å². The standard InChI is InChI=1S/C22H31NO3S/c1-5-6-7-8-9-10-15-23-21(24)19(20(22(23)25)27-16(2)3)17-11-13-18(26-4)14-12-17/h11-14,16H,5-10,15H2,1-4H3. The average Bonchev–Trinajstić information content (AvgIpc) is 2.88. The van der Waals surface area contributed by atoms with Gasteiger partial charge < -0.3 is 4.74 Å². The number of carbonyl (C=O) groups is 2. The number of carbonyl (C=O) groups excluding carboxylic acids is 2. The maximum absolute atomic E-state index is 13.0. The molecule has 0 fully saturated rings. The van der Waals surface area contributed by atoms with Gasteiger partial charge in [0.2, 0.25) is 0 Å². The van der Waals surface area contributed by atoms with Gasteiger partial charge >= 0.3 is 0 Å². The number of methoxy groups -OCH3 is 1. The molecule has 1 aromatic carbocycles. The van der Waals surface area contributed by atoms with Gasteiger partial charge in [0.15, 0.2) is 0 Å². The lowest BCUT2D eigenvalue weighted by Gasteiger charge is -2.15. The van der Waals surface area contributed by atoms with Crippen LogP contribution in [0.4, 0.5) is 0 Å². The summed E-state index contributed by atoms with van der Waals surface area (Å²) in [6, 6.07) is 7.37. The fourth-order valence-corrected chi connectivity index (χ4v) is 4.17. The van der Waals surface area contributed by atoms with Gasteiger partial charge in [0.1, 0.15) is 5.75 Å². The molecule has 1 aliphatic heterocycles. The van der Waals surface area contributed by atoms with Crippen molar-refractivity contribution in [1.29, 1.82) is 0 Å². The number of rotatable bonds is 11. The number of ether oxygens (including phenoxy) is 1. The van der Waals surface area contributed by atoms with Gasteiger partial charge in [0.25, 0.3) is 11.8 Å². The fraction of sp³-hybridized carbons (Fsp3) is 0.545. The molecule has 27 heavy (non-hydrogen) atoms. The summed E-state index contributed by atoms with van der Waals surface area (Å²) >= 11 is 1.48. The minimum atomic E-state index is -0.165. The molecule has 2 rings (SSSR count). The molecule has 0 aromatic heterocycles. The summed E-state index contributed by atoms with van der Waals surface area (Å²) < 4.78 is 5.20. The van der Waals surface area contributed by atoms with E-state index in [1.54, 1.807) is 7.11 Å². The van der Waals surface area contributed by atoms with E-state index in [2.05, 4.69) is 6.92 Å². The second kappa shape index (κ2) is 10.5. The Morgan fingerprint density at radius 1 is 0.963 bits per heavy atom. The minimum Gasteiger partial charge on any atom is -0.497 e. The lowest BCUT2D eigenvalue weighted by atomic mass is 10.1. The first-order chi connectivity index (χ1) is 13.0. The van der Waals surface area contributed by atoms with Crippen molar-refractivity contribution < 1.29 is 14.3 Å². The third-order valence-corrected chi connectivity index (χ3v) is 5.68. The van der Waals surface area contributed by atoms with Crippen LogP contribution in [-0.2, 0) is 9.59 Å². The zero-order valence-electron chi connectivity index (χ0n) is 16.9. The maximum atomic E-state index is 13.0. The highest BCUT2D eigenvalue weighted by Crippen LogP contribution is 2.38. The molecular formula is C22H31NO3S. The molecule has 0 spiro atoms. The first kappa shape index (κ1) is 21.5. The van der Waals surface area contributed by atoms with Gasteiger partial charge in [-0.2, -0.15) is 0 Å². The van der Waals surface area contributed by atoms with Gasteiger partial charge in [-0.05, 0) is 24.1 Å². The second-order valence-electron chi connectivity index (χ2n) is 7.13. The number of unbranched alkanes of at least 4 members (excludes halogenated alkanes) is 5. The largest absolute Gasteiger partial charge is 0.497 e. The van der Waals surface area contributed by atoms with Crippen LogP contribution in [0, 0.1) is 0 Å². The Balaban J connectivity index is 2.14. The molecule has 0 radical (unpaired) electrons. The van der Waals surface area contributed by atoms with Gasteiger partial charge in [-0.1, -0.05) is 65.0 Å². The number of imide groups is 1. The molecule has 1 aliphatic rings. The molecule has 1 aromatic rings. The quantitative estimate of drug-likeness (QED) is 0.382. The molecule has 0 unspecified atom stereocenters. The Morgan fingerprint density at radius 3 is 2.19 bits per heavy atom. The zero-order chi connectivity index (χ0) is 19.8. The van der Waals surface area contributed by atoms with Crippen LogP contribution in [0.5, 0.6) is 5.75 Å². The summed E-state index contributed by atoms with van der Waals surface area (Å²) in [6.07, 6.45) is 6.78. The van der Waals surface area contributed by atoms with E-state index >= 15 is 0 Å². The molecule has 0 saturated heterocycles. The Labute approximate surface area is 167 Å². The second-order valence-corrected chi connectivity index (χ2v) is 8.72. The molecule has 1 heterocycles. The van der Waals surface area contributed by atoms with Crippen molar-refractivity contribution in [1.82, 2.24) is 4.90 Å². The molecule has 0 aliphatic carbocycles. The minimum absolute atomic E-state index is 0.141. The van der Waals surface area contributed by atoms with Gasteiger partial charge in [-0.15, -0.1) is 11.8 Å². The van der Waals surface area contributed by atoms with Crippen LogP contribution in [0.1, 0.15) is 64.9 Å². The summed E-state index contributed by atoms with van der Waals surface area (Å²) in [5.74, 6) is 0.429. The fourth-order valence-electron chi connectivity index (χ4n) is 3.16. The number of nitrogens with zero attached hydrogens (tertiary/aromatic N) is 1. The highest BCUT2D eigenvalue weighted by Gasteiger charge is 2.39. The summed E-state index contributed by atoms with van der Waals surface area (Å²) in [5, 5.41) is 0.235. The Bertz CT molecular complexity index is 679. The van der Waals surface area contributed by atoms with Crippen molar-refractivity contribution >= 4 is 29.1 Å². The summed E-state index contributed by atoms with van der Waals surface area (Å²) in [7, 11) is 1.61. The molecule has 2 amide bonds. The Kier molecular flexibility index (Phi) is 8.42. The number of benzene rings is 1. The van der Waals surface area contributed by atoms with Crippen molar-refractivity contribution in [3.63, 3.8) is 0 Å². The smallest absolute Gasteiger partial charge is 0.267 e. The molecular weight excluding hydrogens is 358 g/mol. The zero-order valence-corrected chi connectivity index (χ0v) is 17.7. The maximum Gasteiger partial charge on any atom is 0.267 e. The lowest BCUT2D eigenvalue weighted by molar-refractivity contribution is -0.136. The number of amides is 2. The van der Waals surface area contributed by atoms with E-state index < -0.39 is 0 Å². The van der Waals surface area contributed by atoms with E-state index in [0.717, 1.165) is 30.6 Å². The van der Waals surface area contributed by atoms with E-state index in [1.807, 2.05) is 38.1 Å². The van der Waals surface area contributed by atoms with Crippen LogP contribution >= 0.6 is 11.8 Å². The van der Waals surface area contributed by atoms with E-state index in [4.69, 9.17) is 4.74 Å². The summed E-state index contributed by atoms with van der Waals surface area (Å²) in [4.78, 5) is 28.0. The predicted molar refractivity (Wildman–Crippen MR) is 113 cm³/mol. The Morgan fingerprint density at radius 2 is 1.59 bits per heavy atom. The van der Waals surface area contributed by atoms with Gasteiger partial charge in [0, 0.05) is 11.8 Å². The molecule has 4 nitrogen and oxygen atoms in total. The highest BCUT2D eigenvalue weighted by atomic mass is 32.2. The van der Waals surface area contributed by atoms with Crippen molar-refractivity contribution in [2.75, 3.05) is 13.7 Å². The van der Waals surface area contributed by atoms with Crippen molar-refractivity contribution in [2.24, 2.45) is 0 Å². The van der Waals surface area contributed by atoms with Crippen LogP contribution in [0.15, 0.2) is 29.2 Å². The molecule has 0 N–H and O–H groups in total. The molecule has 5 heteroatoms. The monoisotopic (exact) mass is 389 g/mol. The summed E-state index contributed by atoms with van der Waals surface area (Å²) in [6.45, 7) is 6.78. The van der Waals surface area contributed by atoms with Crippen LogP contribution in [-0.4, -0.2) is 35.6 Å². The number of hydrogen-bond acceptors (Lipinski definition) is 4. The van der Waals surface area contributed by atoms with Crippen molar-refractivity contribution in [3.05, 3.63) is 34.7 Å². The van der Waals surface area contributed by atoms with Gasteiger partial charge in [-0.3, -0.25) is 14.5 Å². The van der Waals surface area contributed by atoms with E-state index in [1.165, 1.54) is 35.9 Å². The molecule has 148 valence electrons.